The summed E-state index contributed by atoms with van der Waals surface area (Å²) in [6.45, 7) is 31.7. The number of hydrogen-bond acceptors (Lipinski definition) is 1. The van der Waals surface area contributed by atoms with E-state index in [9.17, 15) is 0 Å². The molecule has 0 bridgehead atoms. The summed E-state index contributed by atoms with van der Waals surface area (Å²) in [6.07, 6.45) is 19.0. The molecule has 1 heteroatoms. The summed E-state index contributed by atoms with van der Waals surface area (Å²) in [4.78, 5) is 0. The maximum atomic E-state index is 6.55. The SMILES string of the molecule is C=Cc1cc(C(=C)C)c(C)c(-c2c(OCC(/C=C\C)=C/C)ccc(=C/CC)/c2=C\CC)c1/C=C\C.CC.CC. The van der Waals surface area contributed by atoms with Crippen molar-refractivity contribution in [2.45, 2.75) is 89.0 Å². The Hall–Kier alpha value is -3.32. The maximum absolute atomic E-state index is 6.55. The molecule has 0 N–H and O–H groups in total. The number of rotatable bonds is 10. The van der Waals surface area contributed by atoms with E-state index < -0.39 is 0 Å². The molecule has 1 nitrogen and oxygen atoms in total. The van der Waals surface area contributed by atoms with Crippen LogP contribution in [0.15, 0.2) is 61.2 Å². The third kappa shape index (κ3) is 9.43. The molecule has 0 aliphatic carbocycles. The first-order valence-corrected chi connectivity index (χ1v) is 14.7. The summed E-state index contributed by atoms with van der Waals surface area (Å²) < 4.78 is 6.55. The Balaban J connectivity index is 0.00000344. The highest BCUT2D eigenvalue weighted by Crippen LogP contribution is 2.38. The van der Waals surface area contributed by atoms with Crippen molar-refractivity contribution >= 4 is 29.9 Å². The monoisotopic (exact) mass is 526 g/mol. The summed E-state index contributed by atoms with van der Waals surface area (Å²) in [6, 6.07) is 6.53. The van der Waals surface area contributed by atoms with Crippen molar-refractivity contribution in [3.05, 3.63) is 93.9 Å². The van der Waals surface area contributed by atoms with E-state index in [-0.39, 0.29) is 0 Å². The van der Waals surface area contributed by atoms with Crippen LogP contribution >= 0.6 is 0 Å². The van der Waals surface area contributed by atoms with Crippen molar-refractivity contribution in [2.75, 3.05) is 6.61 Å². The molecule has 0 fully saturated rings. The number of allylic oxidation sites excluding steroid dienone is 4. The topological polar surface area (TPSA) is 9.23 Å². The predicted molar refractivity (Wildman–Crippen MR) is 182 cm³/mol. The van der Waals surface area contributed by atoms with Crippen LogP contribution in [0.5, 0.6) is 5.75 Å². The van der Waals surface area contributed by atoms with Gasteiger partial charge >= 0.3 is 0 Å². The fourth-order valence-corrected chi connectivity index (χ4v) is 4.52. The van der Waals surface area contributed by atoms with Crippen molar-refractivity contribution in [2.24, 2.45) is 0 Å². The molecular weight excluding hydrogens is 472 g/mol. The number of ether oxygens (including phenoxy) is 1. The van der Waals surface area contributed by atoms with E-state index >= 15 is 0 Å². The van der Waals surface area contributed by atoms with Gasteiger partial charge < -0.3 is 4.74 Å². The van der Waals surface area contributed by atoms with Crippen LogP contribution in [0.3, 0.4) is 0 Å². The van der Waals surface area contributed by atoms with E-state index in [0.29, 0.717) is 6.61 Å². The van der Waals surface area contributed by atoms with Crippen molar-refractivity contribution in [1.29, 1.82) is 0 Å². The molecule has 212 valence electrons. The lowest BCUT2D eigenvalue weighted by atomic mass is 9.84. The zero-order chi connectivity index (χ0) is 30.0. The minimum absolute atomic E-state index is 0.517. The third-order valence-electron chi connectivity index (χ3n) is 6.14. The largest absolute Gasteiger partial charge is 0.488 e. The van der Waals surface area contributed by atoms with Crippen molar-refractivity contribution in [1.82, 2.24) is 0 Å². The van der Waals surface area contributed by atoms with E-state index in [0.717, 1.165) is 52.0 Å². The summed E-state index contributed by atoms with van der Waals surface area (Å²) in [7, 11) is 0. The Bertz CT molecular complexity index is 1280. The van der Waals surface area contributed by atoms with E-state index in [4.69, 9.17) is 4.74 Å². The summed E-state index contributed by atoms with van der Waals surface area (Å²) >= 11 is 0. The van der Waals surface area contributed by atoms with Crippen LogP contribution in [0.4, 0.5) is 0 Å². The molecule has 0 radical (unpaired) electrons. The summed E-state index contributed by atoms with van der Waals surface area (Å²) in [5.41, 5.74) is 9.15. The number of hydrogen-bond donors (Lipinski definition) is 0. The molecule has 2 aromatic carbocycles. The van der Waals surface area contributed by atoms with Gasteiger partial charge in [-0.2, -0.15) is 0 Å². The Morgan fingerprint density at radius 1 is 0.923 bits per heavy atom. The van der Waals surface area contributed by atoms with Crippen LogP contribution < -0.4 is 15.2 Å². The molecule has 0 heterocycles. The maximum Gasteiger partial charge on any atom is 0.128 e. The standard InChI is InChI=1S/C34H42O.2C2H6/c1-10-16-26(14-5)23-35-32-21-20-28(17-11-2)30(19-13-4)34(32)33-25(9)31(24(7)8)22-27(15-6)29(33)18-12-3;2*1-2/h10,12,14-22H,6-7,11,13,23H2,1-5,8-9H3;2*1-2H3/b16-10-,18-12-,26-14+,28-17-,30-19+;;. The first kappa shape index (κ1) is 35.7. The minimum atomic E-state index is 0.517. The van der Waals surface area contributed by atoms with Crippen LogP contribution in [0.25, 0.3) is 41.0 Å². The first-order chi connectivity index (χ1) is 18.9. The molecule has 0 amide bonds. The second kappa shape index (κ2) is 19.7. The lowest BCUT2D eigenvalue weighted by Gasteiger charge is -2.22. The van der Waals surface area contributed by atoms with Gasteiger partial charge in [0.15, 0.2) is 0 Å². The molecule has 0 aliphatic rings. The normalized spacial score (nSPS) is 12.2. The molecule has 0 aliphatic heterocycles. The zero-order valence-corrected chi connectivity index (χ0v) is 26.8. The highest BCUT2D eigenvalue weighted by molar-refractivity contribution is 5.90. The van der Waals surface area contributed by atoms with Gasteiger partial charge in [-0.3, -0.25) is 0 Å². The van der Waals surface area contributed by atoms with Crippen LogP contribution in [-0.4, -0.2) is 6.61 Å². The third-order valence-corrected chi connectivity index (χ3v) is 6.14. The lowest BCUT2D eigenvalue weighted by Crippen LogP contribution is -2.28. The van der Waals surface area contributed by atoms with E-state index in [1.165, 1.54) is 21.6 Å². The van der Waals surface area contributed by atoms with Gasteiger partial charge in [0.1, 0.15) is 12.4 Å². The fraction of sp³-hybridized carbons (Fsp3) is 0.368. The van der Waals surface area contributed by atoms with Gasteiger partial charge in [0.05, 0.1) is 0 Å². The fourth-order valence-electron chi connectivity index (χ4n) is 4.52. The number of benzene rings is 2. The van der Waals surface area contributed by atoms with Gasteiger partial charge in [-0.05, 0) is 103 Å². The molecule has 0 saturated carbocycles. The molecule has 0 aromatic heterocycles. The Labute approximate surface area is 240 Å². The second-order valence-corrected chi connectivity index (χ2v) is 8.73. The van der Waals surface area contributed by atoms with Crippen LogP contribution in [0, 0.1) is 6.92 Å². The van der Waals surface area contributed by atoms with Gasteiger partial charge in [-0.1, -0.05) is 115 Å². The van der Waals surface area contributed by atoms with Crippen molar-refractivity contribution in [3.63, 3.8) is 0 Å². The molecule has 0 atom stereocenters. The van der Waals surface area contributed by atoms with Gasteiger partial charge in [0, 0.05) is 5.56 Å². The van der Waals surface area contributed by atoms with Gasteiger partial charge in [-0.15, -0.1) is 0 Å². The molecule has 39 heavy (non-hydrogen) atoms. The molecule has 0 spiro atoms. The Kier molecular flexibility index (Phi) is 18.0. The Morgan fingerprint density at radius 3 is 2.05 bits per heavy atom. The molecule has 0 saturated heterocycles. The molecule has 2 aromatic rings. The van der Waals surface area contributed by atoms with E-state index in [2.05, 4.69) is 115 Å². The van der Waals surface area contributed by atoms with Gasteiger partial charge in [0.2, 0.25) is 0 Å². The second-order valence-electron chi connectivity index (χ2n) is 8.73. The first-order valence-electron chi connectivity index (χ1n) is 14.7. The zero-order valence-electron chi connectivity index (χ0n) is 26.8. The van der Waals surface area contributed by atoms with Gasteiger partial charge in [0.25, 0.3) is 0 Å². The Morgan fingerprint density at radius 2 is 1.56 bits per heavy atom. The van der Waals surface area contributed by atoms with Crippen LogP contribution in [-0.2, 0) is 0 Å². The summed E-state index contributed by atoms with van der Waals surface area (Å²) in [5, 5.41) is 2.46. The van der Waals surface area contributed by atoms with Crippen molar-refractivity contribution in [3.8, 4) is 16.9 Å². The molecule has 2 rings (SSSR count). The van der Waals surface area contributed by atoms with E-state index in [1.807, 2.05) is 40.7 Å². The minimum Gasteiger partial charge on any atom is -0.488 e. The molecular formula is C38H54O. The quantitative estimate of drug-likeness (QED) is 0.280. The predicted octanol–water partition coefficient (Wildman–Crippen LogP) is 10.7. The lowest BCUT2D eigenvalue weighted by molar-refractivity contribution is 0.356. The smallest absolute Gasteiger partial charge is 0.128 e. The highest BCUT2D eigenvalue weighted by atomic mass is 16.5. The average molecular weight is 527 g/mol. The summed E-state index contributed by atoms with van der Waals surface area (Å²) in [5.74, 6) is 0.893. The van der Waals surface area contributed by atoms with Crippen LogP contribution in [0.2, 0.25) is 0 Å². The van der Waals surface area contributed by atoms with Crippen molar-refractivity contribution < 1.29 is 4.74 Å². The van der Waals surface area contributed by atoms with Crippen LogP contribution in [0.1, 0.15) is 104 Å². The van der Waals surface area contributed by atoms with E-state index in [1.54, 1.807) is 0 Å². The highest BCUT2D eigenvalue weighted by Gasteiger charge is 2.20. The van der Waals surface area contributed by atoms with Gasteiger partial charge in [-0.25, -0.2) is 0 Å². The average Bonchev–Trinajstić information content (AvgIpc) is 2.95. The molecule has 0 unspecified atom stereocenters.